The number of esters is 1. The molecule has 27 heavy (non-hydrogen) atoms. The van der Waals surface area contributed by atoms with Crippen LogP contribution < -0.4 is 4.90 Å². The van der Waals surface area contributed by atoms with E-state index in [2.05, 4.69) is 0 Å². The Morgan fingerprint density at radius 3 is 2.41 bits per heavy atom. The number of rotatable bonds is 4. The Labute approximate surface area is 158 Å². The Morgan fingerprint density at radius 2 is 1.74 bits per heavy atom. The quantitative estimate of drug-likeness (QED) is 0.754. The number of carbonyl (C=O) groups excluding carboxylic acids is 2. The van der Waals surface area contributed by atoms with E-state index in [0.717, 1.165) is 30.3 Å². The maximum absolute atomic E-state index is 12.8. The van der Waals surface area contributed by atoms with Crippen molar-refractivity contribution < 1.29 is 22.7 Å². The number of sulfone groups is 1. The first kappa shape index (κ1) is 19.1. The number of para-hydroxylation sites is 1. The van der Waals surface area contributed by atoms with E-state index in [0.29, 0.717) is 6.54 Å². The van der Waals surface area contributed by atoms with Gasteiger partial charge in [0.2, 0.25) is 0 Å². The fourth-order valence-electron chi connectivity index (χ4n) is 3.10. The molecule has 0 fully saturated rings. The molecule has 0 spiro atoms. The fourth-order valence-corrected chi connectivity index (χ4v) is 3.73. The lowest BCUT2D eigenvalue weighted by atomic mass is 10.0. The highest BCUT2D eigenvalue weighted by Gasteiger charge is 2.28. The fraction of sp³-hybridized carbons (Fsp3) is 0.300. The van der Waals surface area contributed by atoms with Gasteiger partial charge < -0.3 is 9.64 Å². The number of carbonyl (C=O) groups is 2. The van der Waals surface area contributed by atoms with Crippen molar-refractivity contribution in [2.45, 2.75) is 30.8 Å². The van der Waals surface area contributed by atoms with E-state index in [9.17, 15) is 18.0 Å². The number of hydrogen-bond donors (Lipinski definition) is 0. The molecule has 2 aromatic rings. The molecule has 1 atom stereocenters. The summed E-state index contributed by atoms with van der Waals surface area (Å²) in [6.45, 7) is 2.13. The van der Waals surface area contributed by atoms with Gasteiger partial charge in [-0.25, -0.2) is 13.2 Å². The molecule has 1 heterocycles. The number of benzene rings is 2. The lowest BCUT2D eigenvalue weighted by Crippen LogP contribution is -2.42. The highest BCUT2D eigenvalue weighted by molar-refractivity contribution is 7.90. The predicted octanol–water partition coefficient (Wildman–Crippen LogP) is 2.61. The summed E-state index contributed by atoms with van der Waals surface area (Å²) in [6.07, 6.45) is 1.92. The van der Waals surface area contributed by atoms with Gasteiger partial charge in [-0.15, -0.1) is 0 Å². The van der Waals surface area contributed by atoms with Crippen molar-refractivity contribution in [2.75, 3.05) is 17.7 Å². The summed E-state index contributed by atoms with van der Waals surface area (Å²) in [6, 6.07) is 13.2. The summed E-state index contributed by atoms with van der Waals surface area (Å²) in [5.74, 6) is -0.940. The van der Waals surface area contributed by atoms with Crippen LogP contribution in [0.1, 0.15) is 29.3 Å². The average molecular weight is 387 g/mol. The number of ether oxygens (including phenoxy) is 1. The van der Waals surface area contributed by atoms with E-state index in [1.807, 2.05) is 24.3 Å². The van der Waals surface area contributed by atoms with Gasteiger partial charge in [0.1, 0.15) is 0 Å². The molecule has 3 rings (SSSR count). The third-order valence-corrected chi connectivity index (χ3v) is 5.65. The third-order valence-electron chi connectivity index (χ3n) is 4.53. The summed E-state index contributed by atoms with van der Waals surface area (Å²) in [4.78, 5) is 26.9. The first-order chi connectivity index (χ1) is 12.8. The van der Waals surface area contributed by atoms with Gasteiger partial charge in [0.25, 0.3) is 5.91 Å². The van der Waals surface area contributed by atoms with E-state index in [1.54, 1.807) is 11.8 Å². The molecule has 0 N–H and O–H groups in total. The van der Waals surface area contributed by atoms with Crippen molar-refractivity contribution in [1.29, 1.82) is 0 Å². The van der Waals surface area contributed by atoms with Crippen LogP contribution >= 0.6 is 0 Å². The molecular weight excluding hydrogens is 366 g/mol. The molecule has 0 saturated carbocycles. The van der Waals surface area contributed by atoms with E-state index in [-0.39, 0.29) is 16.4 Å². The molecule has 0 radical (unpaired) electrons. The van der Waals surface area contributed by atoms with Gasteiger partial charge in [0.05, 0.1) is 10.5 Å². The summed E-state index contributed by atoms with van der Waals surface area (Å²) >= 11 is 0. The number of nitrogens with zero attached hydrogens (tertiary/aromatic N) is 1. The summed E-state index contributed by atoms with van der Waals surface area (Å²) < 4.78 is 28.3. The molecule has 1 aliphatic rings. The monoisotopic (exact) mass is 387 g/mol. The third kappa shape index (κ3) is 4.19. The molecule has 2 aromatic carbocycles. The van der Waals surface area contributed by atoms with Crippen LogP contribution in [0, 0.1) is 0 Å². The maximum Gasteiger partial charge on any atom is 0.338 e. The van der Waals surface area contributed by atoms with Crippen molar-refractivity contribution in [3.63, 3.8) is 0 Å². The zero-order valence-electron chi connectivity index (χ0n) is 15.2. The molecule has 1 aliphatic heterocycles. The molecule has 7 heteroatoms. The van der Waals surface area contributed by atoms with Crippen molar-refractivity contribution in [2.24, 2.45) is 0 Å². The van der Waals surface area contributed by atoms with E-state index in [1.165, 1.54) is 24.3 Å². The summed E-state index contributed by atoms with van der Waals surface area (Å²) in [7, 11) is -3.34. The van der Waals surface area contributed by atoms with Gasteiger partial charge in [0, 0.05) is 18.5 Å². The highest BCUT2D eigenvalue weighted by Crippen LogP contribution is 2.27. The minimum Gasteiger partial charge on any atom is -0.449 e. The Balaban J connectivity index is 1.71. The summed E-state index contributed by atoms with van der Waals surface area (Å²) in [5, 5.41) is 0. The second kappa shape index (κ2) is 7.52. The van der Waals surface area contributed by atoms with Crippen LogP contribution in [0.15, 0.2) is 53.4 Å². The molecule has 1 amide bonds. The Kier molecular flexibility index (Phi) is 5.32. The lowest BCUT2D eigenvalue weighted by molar-refractivity contribution is -0.126. The van der Waals surface area contributed by atoms with Crippen LogP contribution in [0.3, 0.4) is 0 Å². The molecule has 142 valence electrons. The van der Waals surface area contributed by atoms with Gasteiger partial charge in [-0.1, -0.05) is 18.2 Å². The predicted molar refractivity (Wildman–Crippen MR) is 102 cm³/mol. The van der Waals surface area contributed by atoms with E-state index in [4.69, 9.17) is 4.74 Å². The van der Waals surface area contributed by atoms with Gasteiger partial charge in [-0.3, -0.25) is 4.79 Å². The molecule has 0 aromatic heterocycles. The van der Waals surface area contributed by atoms with Gasteiger partial charge >= 0.3 is 5.97 Å². The molecule has 0 bridgehead atoms. The second-order valence-electron chi connectivity index (χ2n) is 6.57. The van der Waals surface area contributed by atoms with Gasteiger partial charge in [-0.05, 0) is 55.7 Å². The van der Waals surface area contributed by atoms with Crippen molar-refractivity contribution in [3.8, 4) is 0 Å². The van der Waals surface area contributed by atoms with Crippen LogP contribution in [-0.4, -0.2) is 39.2 Å². The number of hydrogen-bond acceptors (Lipinski definition) is 5. The van der Waals surface area contributed by atoms with Crippen LogP contribution in [0.25, 0.3) is 0 Å². The zero-order valence-corrected chi connectivity index (χ0v) is 16.0. The Bertz CT molecular complexity index is 966. The highest BCUT2D eigenvalue weighted by atomic mass is 32.2. The number of fused-ring (bicyclic) bond motifs is 1. The van der Waals surface area contributed by atoms with E-state index >= 15 is 0 Å². The van der Waals surface area contributed by atoms with Gasteiger partial charge in [0.15, 0.2) is 15.9 Å². The maximum atomic E-state index is 12.8. The van der Waals surface area contributed by atoms with Crippen molar-refractivity contribution >= 4 is 27.4 Å². The molecule has 0 unspecified atom stereocenters. The SMILES string of the molecule is C[C@H](OC(=O)c1ccc(S(C)(=O)=O)cc1)C(=O)N1CCCc2ccccc21. The molecular formula is C20H21NO5S. The average Bonchev–Trinajstić information content (AvgIpc) is 2.66. The smallest absolute Gasteiger partial charge is 0.338 e. The number of aryl methyl sites for hydroxylation is 1. The van der Waals surface area contributed by atoms with Crippen molar-refractivity contribution in [1.82, 2.24) is 0 Å². The van der Waals surface area contributed by atoms with Crippen LogP contribution in [-0.2, 0) is 25.8 Å². The van der Waals surface area contributed by atoms with E-state index < -0.39 is 21.9 Å². The van der Waals surface area contributed by atoms with Crippen molar-refractivity contribution in [3.05, 3.63) is 59.7 Å². The Morgan fingerprint density at radius 1 is 1.07 bits per heavy atom. The normalized spacial score (nSPS) is 15.0. The standard InChI is InChI=1S/C20H21NO5S/c1-14(19(22)21-13-5-7-15-6-3-4-8-18(15)21)26-20(23)16-9-11-17(12-10-16)27(2,24)25/h3-4,6,8-12,14H,5,7,13H2,1-2H3/t14-/m0/s1. The summed E-state index contributed by atoms with van der Waals surface area (Å²) in [5.41, 5.74) is 2.15. The molecule has 6 nitrogen and oxygen atoms in total. The largest absolute Gasteiger partial charge is 0.449 e. The topological polar surface area (TPSA) is 80.8 Å². The number of anilines is 1. The van der Waals surface area contributed by atoms with Crippen LogP contribution in [0.5, 0.6) is 0 Å². The first-order valence-electron chi connectivity index (χ1n) is 8.68. The minimum absolute atomic E-state index is 0.119. The second-order valence-corrected chi connectivity index (χ2v) is 8.58. The molecule has 0 saturated heterocycles. The zero-order chi connectivity index (χ0) is 19.6. The van der Waals surface area contributed by atoms with Crippen LogP contribution in [0.2, 0.25) is 0 Å². The van der Waals surface area contributed by atoms with Crippen LogP contribution in [0.4, 0.5) is 5.69 Å². The minimum atomic E-state index is -3.34. The molecule has 0 aliphatic carbocycles. The Hall–Kier alpha value is -2.67. The van der Waals surface area contributed by atoms with Gasteiger partial charge in [-0.2, -0.15) is 0 Å². The first-order valence-corrected chi connectivity index (χ1v) is 10.6. The number of amides is 1. The lowest BCUT2D eigenvalue weighted by Gasteiger charge is -2.31.